The lowest BCUT2D eigenvalue weighted by Crippen LogP contribution is -2.30. The Kier molecular flexibility index (Phi) is 4.06. The zero-order valence-electron chi connectivity index (χ0n) is 9.71. The number of carboxylic acids is 1. The van der Waals surface area contributed by atoms with Crippen molar-refractivity contribution < 1.29 is 18.3 Å². The van der Waals surface area contributed by atoms with Crippen LogP contribution < -0.4 is 0 Å². The molecule has 5 nitrogen and oxygen atoms in total. The Hall–Kier alpha value is -0.820. The summed E-state index contributed by atoms with van der Waals surface area (Å²) in [7, 11) is -3.80. The molecule has 1 heterocycles. The lowest BCUT2D eigenvalue weighted by molar-refractivity contribution is -0.141. The molecule has 19 heavy (non-hydrogen) atoms. The Morgan fingerprint density at radius 1 is 1.37 bits per heavy atom. The number of sulfonamides is 1. The van der Waals surface area contributed by atoms with Gasteiger partial charge in [-0.05, 0) is 24.6 Å². The molecule has 0 bridgehead atoms. The number of benzene rings is 1. The number of hydrogen-bond acceptors (Lipinski definition) is 3. The second-order valence-corrected chi connectivity index (χ2v) is 7.01. The first-order valence-corrected chi connectivity index (χ1v) is 7.70. The van der Waals surface area contributed by atoms with E-state index in [0.717, 1.165) is 4.31 Å². The minimum Gasteiger partial charge on any atom is -0.481 e. The van der Waals surface area contributed by atoms with E-state index >= 15 is 0 Å². The Labute approximate surface area is 120 Å². The molecule has 1 aliphatic rings. The van der Waals surface area contributed by atoms with E-state index in [1.165, 1.54) is 18.2 Å². The van der Waals surface area contributed by atoms with Crippen molar-refractivity contribution in [2.45, 2.75) is 11.3 Å². The molecule has 2 rings (SSSR count). The summed E-state index contributed by atoms with van der Waals surface area (Å²) in [6, 6.07) is 4.17. The lowest BCUT2D eigenvalue weighted by atomic mass is 10.1. The average molecular weight is 324 g/mol. The molecule has 1 fully saturated rings. The van der Waals surface area contributed by atoms with Gasteiger partial charge in [-0.15, -0.1) is 0 Å². The van der Waals surface area contributed by atoms with Crippen molar-refractivity contribution in [2.75, 3.05) is 13.1 Å². The molecule has 0 spiro atoms. The van der Waals surface area contributed by atoms with Crippen molar-refractivity contribution in [2.24, 2.45) is 5.92 Å². The van der Waals surface area contributed by atoms with Gasteiger partial charge in [-0.1, -0.05) is 23.2 Å². The van der Waals surface area contributed by atoms with Crippen LogP contribution in [0.3, 0.4) is 0 Å². The van der Waals surface area contributed by atoms with Crippen molar-refractivity contribution in [3.05, 3.63) is 28.2 Å². The Balaban J connectivity index is 2.33. The van der Waals surface area contributed by atoms with Gasteiger partial charge in [-0.3, -0.25) is 4.79 Å². The first kappa shape index (κ1) is 14.6. The van der Waals surface area contributed by atoms with Crippen LogP contribution in [-0.2, 0) is 14.8 Å². The molecule has 0 aromatic heterocycles. The Morgan fingerprint density at radius 2 is 2.05 bits per heavy atom. The SMILES string of the molecule is O=C(O)[C@H]1CCN(S(=O)(=O)c2cc(Cl)ccc2Cl)C1. The maximum Gasteiger partial charge on any atom is 0.307 e. The highest BCUT2D eigenvalue weighted by Gasteiger charge is 2.36. The van der Waals surface area contributed by atoms with Crippen LogP contribution in [0.25, 0.3) is 0 Å². The maximum atomic E-state index is 12.4. The summed E-state index contributed by atoms with van der Waals surface area (Å²) < 4.78 is 25.9. The monoisotopic (exact) mass is 323 g/mol. The van der Waals surface area contributed by atoms with E-state index in [4.69, 9.17) is 28.3 Å². The molecular formula is C11H11Cl2NO4S. The van der Waals surface area contributed by atoms with Crippen LogP contribution in [0, 0.1) is 5.92 Å². The van der Waals surface area contributed by atoms with E-state index in [9.17, 15) is 13.2 Å². The summed E-state index contributed by atoms with van der Waals surface area (Å²) in [4.78, 5) is 10.8. The third-order valence-corrected chi connectivity index (χ3v) is 5.59. The van der Waals surface area contributed by atoms with Crippen molar-refractivity contribution in [3.8, 4) is 0 Å². The van der Waals surface area contributed by atoms with Gasteiger partial charge in [0.05, 0.1) is 10.9 Å². The standard InChI is InChI=1S/C11H11Cl2NO4S/c12-8-1-2-9(13)10(5-8)19(17,18)14-4-3-7(6-14)11(15)16/h1-2,5,7H,3-4,6H2,(H,15,16)/t7-/m0/s1. The van der Waals surface area contributed by atoms with E-state index in [0.29, 0.717) is 6.42 Å². The number of halogens is 2. The smallest absolute Gasteiger partial charge is 0.307 e. The summed E-state index contributed by atoms with van der Waals surface area (Å²) >= 11 is 11.7. The lowest BCUT2D eigenvalue weighted by Gasteiger charge is -2.17. The third kappa shape index (κ3) is 2.86. The van der Waals surface area contributed by atoms with Crippen LogP contribution in [0.2, 0.25) is 10.0 Å². The van der Waals surface area contributed by atoms with E-state index in [-0.39, 0.29) is 28.0 Å². The van der Waals surface area contributed by atoms with Crippen LogP contribution in [0.5, 0.6) is 0 Å². The predicted octanol–water partition coefficient (Wildman–Crippen LogP) is 2.09. The van der Waals surface area contributed by atoms with Crippen LogP contribution in [0.4, 0.5) is 0 Å². The van der Waals surface area contributed by atoms with Crippen molar-refractivity contribution in [1.82, 2.24) is 4.31 Å². The van der Waals surface area contributed by atoms with Crippen LogP contribution >= 0.6 is 23.2 Å². The molecule has 1 N–H and O–H groups in total. The number of aliphatic carboxylic acids is 1. The highest BCUT2D eigenvalue weighted by molar-refractivity contribution is 7.89. The largest absolute Gasteiger partial charge is 0.481 e. The van der Waals surface area contributed by atoms with Gasteiger partial charge in [0, 0.05) is 18.1 Å². The quantitative estimate of drug-likeness (QED) is 0.924. The molecule has 1 aliphatic heterocycles. The topological polar surface area (TPSA) is 74.7 Å². The summed E-state index contributed by atoms with van der Waals surface area (Å²) in [6.07, 6.45) is 0.298. The van der Waals surface area contributed by atoms with Gasteiger partial charge in [0.15, 0.2) is 0 Å². The Bertz CT molecular complexity index is 617. The molecule has 1 aromatic carbocycles. The molecule has 0 unspecified atom stereocenters. The number of nitrogens with zero attached hydrogens (tertiary/aromatic N) is 1. The second kappa shape index (κ2) is 5.28. The van der Waals surface area contributed by atoms with Gasteiger partial charge in [-0.2, -0.15) is 4.31 Å². The molecule has 1 aromatic rings. The van der Waals surface area contributed by atoms with E-state index < -0.39 is 21.9 Å². The molecule has 104 valence electrons. The summed E-state index contributed by atoms with van der Waals surface area (Å²) in [5.41, 5.74) is 0. The fraction of sp³-hybridized carbons (Fsp3) is 0.364. The fourth-order valence-corrected chi connectivity index (χ4v) is 4.20. The van der Waals surface area contributed by atoms with Gasteiger partial charge in [0.1, 0.15) is 4.90 Å². The van der Waals surface area contributed by atoms with Crippen LogP contribution in [0.1, 0.15) is 6.42 Å². The molecule has 0 aliphatic carbocycles. The second-order valence-electron chi connectivity index (χ2n) is 4.26. The predicted molar refractivity (Wildman–Crippen MR) is 71.0 cm³/mol. The molecule has 0 saturated carbocycles. The van der Waals surface area contributed by atoms with Gasteiger partial charge in [0.2, 0.25) is 10.0 Å². The zero-order valence-corrected chi connectivity index (χ0v) is 12.0. The first-order valence-electron chi connectivity index (χ1n) is 5.50. The summed E-state index contributed by atoms with van der Waals surface area (Å²) in [5, 5.41) is 9.23. The Morgan fingerprint density at radius 3 is 2.63 bits per heavy atom. The van der Waals surface area contributed by atoms with E-state index in [2.05, 4.69) is 0 Å². The van der Waals surface area contributed by atoms with Gasteiger partial charge in [0.25, 0.3) is 0 Å². The first-order chi connectivity index (χ1) is 8.82. The number of carboxylic acid groups (broad SMARTS) is 1. The van der Waals surface area contributed by atoms with Gasteiger partial charge in [-0.25, -0.2) is 8.42 Å². The normalized spacial score (nSPS) is 20.6. The number of hydrogen-bond donors (Lipinski definition) is 1. The molecule has 1 atom stereocenters. The van der Waals surface area contributed by atoms with Crippen molar-refractivity contribution in [3.63, 3.8) is 0 Å². The third-order valence-electron chi connectivity index (χ3n) is 3.01. The van der Waals surface area contributed by atoms with Gasteiger partial charge < -0.3 is 5.11 Å². The maximum absolute atomic E-state index is 12.4. The molecular weight excluding hydrogens is 313 g/mol. The summed E-state index contributed by atoms with van der Waals surface area (Å²) in [6.45, 7) is 0.128. The summed E-state index contributed by atoms with van der Waals surface area (Å²) in [5.74, 6) is -1.66. The molecule has 0 radical (unpaired) electrons. The zero-order chi connectivity index (χ0) is 14.2. The fourth-order valence-electron chi connectivity index (χ4n) is 1.96. The van der Waals surface area contributed by atoms with E-state index in [1.54, 1.807) is 0 Å². The van der Waals surface area contributed by atoms with Crippen LogP contribution in [0.15, 0.2) is 23.1 Å². The molecule has 8 heteroatoms. The van der Waals surface area contributed by atoms with Crippen molar-refractivity contribution >= 4 is 39.2 Å². The highest BCUT2D eigenvalue weighted by atomic mass is 35.5. The molecule has 1 saturated heterocycles. The van der Waals surface area contributed by atoms with Crippen molar-refractivity contribution in [1.29, 1.82) is 0 Å². The highest BCUT2D eigenvalue weighted by Crippen LogP contribution is 2.30. The minimum absolute atomic E-state index is 0.0412. The minimum atomic E-state index is -3.80. The van der Waals surface area contributed by atoms with E-state index in [1.807, 2.05) is 0 Å². The molecule has 0 amide bonds. The number of carbonyl (C=O) groups is 1. The number of rotatable bonds is 3. The van der Waals surface area contributed by atoms with Crippen LogP contribution in [-0.4, -0.2) is 36.9 Å². The van der Waals surface area contributed by atoms with Gasteiger partial charge >= 0.3 is 5.97 Å². The average Bonchev–Trinajstić information content (AvgIpc) is 2.82.